The predicted octanol–water partition coefficient (Wildman–Crippen LogP) is 2.27. The zero-order chi connectivity index (χ0) is 10.9. The molecule has 0 aromatic carbocycles. The Morgan fingerprint density at radius 2 is 1.94 bits per heavy atom. The second-order valence-electron chi connectivity index (χ2n) is 5.00. The maximum absolute atomic E-state index is 4.72. The number of rotatable bonds is 1. The summed E-state index contributed by atoms with van der Waals surface area (Å²) in [6, 6.07) is 0. The van der Waals surface area contributed by atoms with Crippen LogP contribution < -0.4 is 10.2 Å². The molecular weight excluding hydrogens is 242 g/mol. The molecule has 0 aliphatic carbocycles. The first kappa shape index (κ1) is 13.7. The van der Waals surface area contributed by atoms with Crippen LogP contribution in [-0.4, -0.2) is 31.2 Å². The van der Waals surface area contributed by atoms with Crippen LogP contribution in [0.1, 0.15) is 26.5 Å². The Hall–Kier alpha value is -0.320. The van der Waals surface area contributed by atoms with Gasteiger partial charge in [-0.2, -0.15) is 0 Å². The van der Waals surface area contributed by atoms with Gasteiger partial charge in [0.25, 0.3) is 0 Å². The Morgan fingerprint density at radius 3 is 2.44 bits per heavy atom. The van der Waals surface area contributed by atoms with Crippen molar-refractivity contribution in [1.29, 1.82) is 0 Å². The van der Waals surface area contributed by atoms with Gasteiger partial charge in [0.1, 0.15) is 0 Å². The molecule has 0 atom stereocenters. The van der Waals surface area contributed by atoms with Gasteiger partial charge in [-0.15, -0.1) is 23.7 Å². The van der Waals surface area contributed by atoms with E-state index in [1.165, 1.54) is 10.8 Å². The van der Waals surface area contributed by atoms with Gasteiger partial charge in [-0.1, -0.05) is 20.8 Å². The molecule has 1 aromatic heterocycles. The molecule has 1 N–H and O–H groups in total. The molecule has 0 bridgehead atoms. The summed E-state index contributed by atoms with van der Waals surface area (Å²) in [5.41, 5.74) is 1.38. The number of anilines is 1. The molecule has 3 nitrogen and oxygen atoms in total. The molecule has 92 valence electrons. The van der Waals surface area contributed by atoms with Gasteiger partial charge in [-0.25, -0.2) is 4.98 Å². The highest BCUT2D eigenvalue weighted by Crippen LogP contribution is 2.28. The average molecular weight is 262 g/mol. The van der Waals surface area contributed by atoms with Crippen LogP contribution in [0.25, 0.3) is 0 Å². The zero-order valence-electron chi connectivity index (χ0n) is 10.1. The lowest BCUT2D eigenvalue weighted by Crippen LogP contribution is -2.43. The van der Waals surface area contributed by atoms with Crippen molar-refractivity contribution in [3.05, 3.63) is 11.1 Å². The standard InChI is InChI=1S/C11H19N3S.ClH/c1-11(2,3)9-8-15-10(13-9)14-6-4-12-5-7-14;/h8,12H,4-7H2,1-3H3;1H. The second-order valence-corrected chi connectivity index (χ2v) is 5.84. The number of halogens is 1. The largest absolute Gasteiger partial charge is 0.346 e. The number of hydrogen-bond acceptors (Lipinski definition) is 4. The SMILES string of the molecule is CC(C)(C)c1csc(N2CCNCC2)n1.Cl. The van der Waals surface area contributed by atoms with E-state index >= 15 is 0 Å². The number of thiazole rings is 1. The summed E-state index contributed by atoms with van der Waals surface area (Å²) in [4.78, 5) is 7.09. The van der Waals surface area contributed by atoms with E-state index in [-0.39, 0.29) is 17.8 Å². The minimum atomic E-state index is 0. The van der Waals surface area contributed by atoms with Crippen LogP contribution >= 0.6 is 23.7 Å². The molecule has 0 unspecified atom stereocenters. The van der Waals surface area contributed by atoms with Gasteiger partial charge in [0.05, 0.1) is 5.69 Å². The van der Waals surface area contributed by atoms with Crippen molar-refractivity contribution < 1.29 is 0 Å². The second kappa shape index (κ2) is 5.34. The van der Waals surface area contributed by atoms with E-state index in [4.69, 9.17) is 4.98 Å². The maximum atomic E-state index is 4.72. The summed E-state index contributed by atoms with van der Waals surface area (Å²) in [6.07, 6.45) is 0. The minimum Gasteiger partial charge on any atom is -0.346 e. The van der Waals surface area contributed by atoms with E-state index in [9.17, 15) is 0 Å². The van der Waals surface area contributed by atoms with Gasteiger partial charge >= 0.3 is 0 Å². The van der Waals surface area contributed by atoms with Gasteiger partial charge in [-0.3, -0.25) is 0 Å². The lowest BCUT2D eigenvalue weighted by atomic mass is 9.93. The maximum Gasteiger partial charge on any atom is 0.185 e. The average Bonchev–Trinajstić information content (AvgIpc) is 2.67. The van der Waals surface area contributed by atoms with E-state index in [0.29, 0.717) is 0 Å². The van der Waals surface area contributed by atoms with Gasteiger partial charge in [0, 0.05) is 37.0 Å². The number of hydrogen-bond donors (Lipinski definition) is 1. The Balaban J connectivity index is 0.00000128. The smallest absolute Gasteiger partial charge is 0.185 e. The molecule has 1 saturated heterocycles. The third-order valence-electron chi connectivity index (χ3n) is 2.65. The molecule has 1 aromatic rings. The number of nitrogens with one attached hydrogen (secondary N) is 1. The lowest BCUT2D eigenvalue weighted by Gasteiger charge is -2.26. The third-order valence-corrected chi connectivity index (χ3v) is 3.55. The summed E-state index contributed by atoms with van der Waals surface area (Å²) in [5.74, 6) is 0. The summed E-state index contributed by atoms with van der Waals surface area (Å²) >= 11 is 1.77. The highest BCUT2D eigenvalue weighted by atomic mass is 35.5. The molecule has 1 aliphatic rings. The summed E-state index contributed by atoms with van der Waals surface area (Å²) in [5, 5.41) is 6.73. The van der Waals surface area contributed by atoms with E-state index in [1.807, 2.05) is 0 Å². The van der Waals surface area contributed by atoms with Crippen LogP contribution in [0.15, 0.2) is 5.38 Å². The van der Waals surface area contributed by atoms with Gasteiger partial charge in [0.15, 0.2) is 5.13 Å². The van der Waals surface area contributed by atoms with Crippen molar-refractivity contribution in [1.82, 2.24) is 10.3 Å². The first-order valence-corrected chi connectivity index (χ1v) is 6.37. The zero-order valence-corrected chi connectivity index (χ0v) is 11.7. The van der Waals surface area contributed by atoms with Crippen LogP contribution in [0.4, 0.5) is 5.13 Å². The van der Waals surface area contributed by atoms with E-state index in [0.717, 1.165) is 26.2 Å². The van der Waals surface area contributed by atoms with Crippen molar-refractivity contribution >= 4 is 28.9 Å². The van der Waals surface area contributed by atoms with Gasteiger partial charge in [-0.05, 0) is 0 Å². The highest BCUT2D eigenvalue weighted by Gasteiger charge is 2.20. The molecule has 0 amide bonds. The molecule has 2 rings (SSSR count). The number of aromatic nitrogens is 1. The monoisotopic (exact) mass is 261 g/mol. The van der Waals surface area contributed by atoms with Crippen molar-refractivity contribution in [2.24, 2.45) is 0 Å². The van der Waals surface area contributed by atoms with Crippen LogP contribution in [-0.2, 0) is 5.41 Å². The minimum absolute atomic E-state index is 0. The quantitative estimate of drug-likeness (QED) is 0.841. The third kappa shape index (κ3) is 3.09. The van der Waals surface area contributed by atoms with Crippen molar-refractivity contribution in [3.8, 4) is 0 Å². The van der Waals surface area contributed by atoms with E-state index in [1.54, 1.807) is 11.3 Å². The van der Waals surface area contributed by atoms with Crippen molar-refractivity contribution in [2.75, 3.05) is 31.1 Å². The van der Waals surface area contributed by atoms with Crippen LogP contribution in [0, 0.1) is 0 Å². The van der Waals surface area contributed by atoms with Gasteiger partial charge in [0.2, 0.25) is 0 Å². The van der Waals surface area contributed by atoms with Crippen LogP contribution in [0.2, 0.25) is 0 Å². The van der Waals surface area contributed by atoms with Crippen LogP contribution in [0.3, 0.4) is 0 Å². The Morgan fingerprint density at radius 1 is 1.31 bits per heavy atom. The summed E-state index contributed by atoms with van der Waals surface area (Å²) < 4.78 is 0. The highest BCUT2D eigenvalue weighted by molar-refractivity contribution is 7.13. The molecule has 0 saturated carbocycles. The first-order chi connectivity index (χ1) is 7.07. The van der Waals surface area contributed by atoms with Crippen molar-refractivity contribution in [2.45, 2.75) is 26.2 Å². The molecule has 1 aliphatic heterocycles. The number of piperazine rings is 1. The molecular formula is C11H20ClN3S. The molecule has 1 fully saturated rings. The fourth-order valence-corrected chi connectivity index (χ4v) is 2.72. The Labute approximate surface area is 108 Å². The fourth-order valence-electron chi connectivity index (χ4n) is 1.61. The van der Waals surface area contributed by atoms with E-state index in [2.05, 4.69) is 36.4 Å². The molecule has 0 radical (unpaired) electrons. The predicted molar refractivity (Wildman–Crippen MR) is 73.1 cm³/mol. The summed E-state index contributed by atoms with van der Waals surface area (Å²) in [6.45, 7) is 10.9. The number of nitrogens with zero attached hydrogens (tertiary/aromatic N) is 2. The lowest BCUT2D eigenvalue weighted by molar-refractivity contribution is 0.564. The normalized spacial score (nSPS) is 17.1. The Kier molecular flexibility index (Phi) is 4.59. The first-order valence-electron chi connectivity index (χ1n) is 5.49. The molecule has 0 spiro atoms. The fraction of sp³-hybridized carbons (Fsp3) is 0.727. The molecule has 16 heavy (non-hydrogen) atoms. The summed E-state index contributed by atoms with van der Waals surface area (Å²) in [7, 11) is 0. The molecule has 2 heterocycles. The topological polar surface area (TPSA) is 28.2 Å². The van der Waals surface area contributed by atoms with Crippen molar-refractivity contribution in [3.63, 3.8) is 0 Å². The van der Waals surface area contributed by atoms with Gasteiger partial charge < -0.3 is 10.2 Å². The van der Waals surface area contributed by atoms with E-state index < -0.39 is 0 Å². The Bertz CT molecular complexity index is 326. The van der Waals surface area contributed by atoms with Crippen LogP contribution in [0.5, 0.6) is 0 Å². The molecule has 5 heteroatoms.